The molecule has 130 valence electrons. The van der Waals surface area contributed by atoms with Gasteiger partial charge in [0.2, 0.25) is 5.91 Å². The molecule has 26 heavy (non-hydrogen) atoms. The molecule has 1 saturated heterocycles. The third-order valence-corrected chi connectivity index (χ3v) is 5.50. The van der Waals surface area contributed by atoms with Crippen LogP contribution in [-0.2, 0) is 4.79 Å². The number of amides is 1. The van der Waals surface area contributed by atoms with Crippen LogP contribution in [0.2, 0.25) is 0 Å². The van der Waals surface area contributed by atoms with Crippen LogP contribution in [0.1, 0.15) is 16.5 Å². The molecule has 0 aromatic heterocycles. The van der Waals surface area contributed by atoms with E-state index in [-0.39, 0.29) is 11.3 Å². The summed E-state index contributed by atoms with van der Waals surface area (Å²) in [5.41, 5.74) is 3.20. The van der Waals surface area contributed by atoms with Crippen LogP contribution in [0.15, 0.2) is 78.9 Å². The number of para-hydroxylation sites is 1. The van der Waals surface area contributed by atoms with E-state index in [0.29, 0.717) is 5.75 Å². The third-order valence-electron chi connectivity index (χ3n) is 4.29. The highest BCUT2D eigenvalue weighted by Crippen LogP contribution is 2.42. The summed E-state index contributed by atoms with van der Waals surface area (Å²) in [5, 5.41) is -0.00456. The minimum absolute atomic E-state index is 0.00456. The predicted molar refractivity (Wildman–Crippen MR) is 107 cm³/mol. The second-order valence-corrected chi connectivity index (χ2v) is 7.32. The van der Waals surface area contributed by atoms with E-state index in [0.717, 1.165) is 28.3 Å². The molecule has 1 heterocycles. The van der Waals surface area contributed by atoms with Crippen molar-refractivity contribution in [2.75, 3.05) is 10.7 Å². The first-order valence-corrected chi connectivity index (χ1v) is 9.59. The summed E-state index contributed by atoms with van der Waals surface area (Å²) in [7, 11) is 0. The van der Waals surface area contributed by atoms with Crippen molar-refractivity contribution in [3.8, 4) is 11.5 Å². The Morgan fingerprint density at radius 1 is 0.923 bits per heavy atom. The summed E-state index contributed by atoms with van der Waals surface area (Å²) >= 11 is 1.66. The van der Waals surface area contributed by atoms with E-state index in [4.69, 9.17) is 4.74 Å². The molecular formula is C22H19NO2S. The highest BCUT2D eigenvalue weighted by Gasteiger charge is 2.34. The summed E-state index contributed by atoms with van der Waals surface area (Å²) in [6, 6.07) is 25.8. The smallest absolute Gasteiger partial charge is 0.238 e. The second-order valence-electron chi connectivity index (χ2n) is 6.25. The molecule has 3 nitrogen and oxygen atoms in total. The Balaban J connectivity index is 1.57. The molecule has 4 heteroatoms. The lowest BCUT2D eigenvalue weighted by Gasteiger charge is -2.24. The molecule has 4 rings (SSSR count). The Morgan fingerprint density at radius 3 is 2.38 bits per heavy atom. The molecular weight excluding hydrogens is 342 g/mol. The number of benzene rings is 3. The van der Waals surface area contributed by atoms with Crippen molar-refractivity contribution in [3.63, 3.8) is 0 Å². The fourth-order valence-electron chi connectivity index (χ4n) is 3.05. The predicted octanol–water partition coefficient (Wildman–Crippen LogP) is 5.57. The van der Waals surface area contributed by atoms with Crippen LogP contribution >= 0.6 is 11.8 Å². The fourth-order valence-corrected chi connectivity index (χ4v) is 4.23. The lowest BCUT2D eigenvalue weighted by Crippen LogP contribution is -2.27. The lowest BCUT2D eigenvalue weighted by atomic mass is 10.1. The van der Waals surface area contributed by atoms with Crippen molar-refractivity contribution in [1.29, 1.82) is 0 Å². The van der Waals surface area contributed by atoms with Crippen LogP contribution in [0.25, 0.3) is 0 Å². The largest absolute Gasteiger partial charge is 0.457 e. The number of hydrogen-bond donors (Lipinski definition) is 0. The molecule has 0 saturated carbocycles. The van der Waals surface area contributed by atoms with Crippen LogP contribution in [0.5, 0.6) is 11.5 Å². The zero-order valence-corrected chi connectivity index (χ0v) is 15.3. The SMILES string of the molecule is Cc1cccc(N2C(=O)CS[C@@H]2c2ccc(Oc3ccccc3)cc2)c1. The maximum atomic E-state index is 12.5. The highest BCUT2D eigenvalue weighted by atomic mass is 32.2. The molecule has 3 aromatic carbocycles. The Labute approximate surface area is 157 Å². The van der Waals surface area contributed by atoms with Crippen LogP contribution in [0.4, 0.5) is 5.69 Å². The third kappa shape index (κ3) is 3.46. The average molecular weight is 361 g/mol. The summed E-state index contributed by atoms with van der Waals surface area (Å²) in [6.45, 7) is 2.04. The van der Waals surface area contributed by atoms with Gasteiger partial charge in [0.1, 0.15) is 16.9 Å². The van der Waals surface area contributed by atoms with E-state index in [1.807, 2.05) is 84.6 Å². The van der Waals surface area contributed by atoms with Crippen LogP contribution in [0.3, 0.4) is 0 Å². The van der Waals surface area contributed by atoms with Gasteiger partial charge in [0.05, 0.1) is 5.75 Å². The van der Waals surface area contributed by atoms with Gasteiger partial charge in [-0.2, -0.15) is 0 Å². The van der Waals surface area contributed by atoms with Gasteiger partial charge in [-0.05, 0) is 54.4 Å². The van der Waals surface area contributed by atoms with E-state index in [2.05, 4.69) is 6.07 Å². The van der Waals surface area contributed by atoms with Crippen molar-refractivity contribution in [1.82, 2.24) is 0 Å². The monoisotopic (exact) mass is 361 g/mol. The molecule has 1 atom stereocenters. The van der Waals surface area contributed by atoms with Gasteiger partial charge in [-0.25, -0.2) is 0 Å². The number of aryl methyl sites for hydroxylation is 1. The average Bonchev–Trinajstić information content (AvgIpc) is 3.05. The normalized spacial score (nSPS) is 16.7. The number of nitrogens with zero attached hydrogens (tertiary/aromatic N) is 1. The van der Waals surface area contributed by atoms with Gasteiger partial charge >= 0.3 is 0 Å². The maximum Gasteiger partial charge on any atom is 0.238 e. The zero-order chi connectivity index (χ0) is 17.9. The molecule has 0 N–H and O–H groups in total. The number of carbonyl (C=O) groups is 1. The summed E-state index contributed by atoms with van der Waals surface area (Å²) in [4.78, 5) is 14.4. The number of ether oxygens (including phenoxy) is 1. The van der Waals surface area contributed by atoms with Crippen LogP contribution in [-0.4, -0.2) is 11.7 Å². The van der Waals surface area contributed by atoms with Crippen molar-refractivity contribution < 1.29 is 9.53 Å². The van der Waals surface area contributed by atoms with Gasteiger partial charge in [-0.15, -0.1) is 11.8 Å². The van der Waals surface area contributed by atoms with Crippen LogP contribution < -0.4 is 9.64 Å². The maximum absolute atomic E-state index is 12.5. The number of anilines is 1. The van der Waals surface area contributed by atoms with Gasteiger partial charge < -0.3 is 4.74 Å². The van der Waals surface area contributed by atoms with Crippen LogP contribution in [0, 0.1) is 6.92 Å². The van der Waals surface area contributed by atoms with Gasteiger partial charge in [0.25, 0.3) is 0 Å². The van der Waals surface area contributed by atoms with Gasteiger partial charge in [-0.3, -0.25) is 9.69 Å². The summed E-state index contributed by atoms with van der Waals surface area (Å²) in [6.07, 6.45) is 0. The molecule has 0 unspecified atom stereocenters. The first-order valence-electron chi connectivity index (χ1n) is 8.54. The molecule has 1 aliphatic heterocycles. The quantitative estimate of drug-likeness (QED) is 0.609. The zero-order valence-electron chi connectivity index (χ0n) is 14.5. The van der Waals surface area contributed by atoms with Gasteiger partial charge in [0, 0.05) is 5.69 Å². The minimum atomic E-state index is -0.00456. The first kappa shape index (κ1) is 16.7. The van der Waals surface area contributed by atoms with E-state index in [1.165, 1.54) is 0 Å². The second kappa shape index (κ2) is 7.26. The van der Waals surface area contributed by atoms with Crippen molar-refractivity contribution in [2.45, 2.75) is 12.3 Å². The molecule has 1 amide bonds. The van der Waals surface area contributed by atoms with E-state index in [1.54, 1.807) is 11.8 Å². The Kier molecular flexibility index (Phi) is 4.67. The van der Waals surface area contributed by atoms with Crippen molar-refractivity contribution >= 4 is 23.4 Å². The van der Waals surface area contributed by atoms with Gasteiger partial charge in [-0.1, -0.05) is 42.5 Å². The molecule has 0 bridgehead atoms. The first-order chi connectivity index (χ1) is 12.7. The van der Waals surface area contributed by atoms with Crippen molar-refractivity contribution in [2.24, 2.45) is 0 Å². The van der Waals surface area contributed by atoms with E-state index >= 15 is 0 Å². The topological polar surface area (TPSA) is 29.5 Å². The molecule has 1 fully saturated rings. The molecule has 1 aliphatic rings. The lowest BCUT2D eigenvalue weighted by molar-refractivity contribution is -0.115. The van der Waals surface area contributed by atoms with Gasteiger partial charge in [0.15, 0.2) is 0 Å². The number of carbonyl (C=O) groups excluding carboxylic acids is 1. The van der Waals surface area contributed by atoms with E-state index in [9.17, 15) is 4.79 Å². The highest BCUT2D eigenvalue weighted by molar-refractivity contribution is 8.00. The Hall–Kier alpha value is -2.72. The Bertz CT molecular complexity index is 909. The summed E-state index contributed by atoms with van der Waals surface area (Å²) in [5.74, 6) is 2.25. The molecule has 3 aromatic rings. The molecule has 0 spiro atoms. The molecule has 0 aliphatic carbocycles. The number of rotatable bonds is 4. The van der Waals surface area contributed by atoms with E-state index < -0.39 is 0 Å². The number of thioether (sulfide) groups is 1. The Morgan fingerprint density at radius 2 is 1.65 bits per heavy atom. The number of hydrogen-bond acceptors (Lipinski definition) is 3. The minimum Gasteiger partial charge on any atom is -0.457 e. The fraction of sp³-hybridized carbons (Fsp3) is 0.136. The molecule has 0 radical (unpaired) electrons. The van der Waals surface area contributed by atoms with Crippen molar-refractivity contribution in [3.05, 3.63) is 90.0 Å². The summed E-state index contributed by atoms with van der Waals surface area (Å²) < 4.78 is 5.86. The standard InChI is InChI=1S/C22H19NO2S/c1-16-6-5-7-18(14-16)23-21(24)15-26-22(23)17-10-12-20(13-11-17)25-19-8-3-2-4-9-19/h2-14,22H,15H2,1H3/t22-/m1/s1.